The fourth-order valence-corrected chi connectivity index (χ4v) is 3.48. The van der Waals surface area contributed by atoms with E-state index in [1.165, 1.54) is 16.8 Å². The van der Waals surface area contributed by atoms with Gasteiger partial charge in [-0.3, -0.25) is 4.79 Å². The van der Waals surface area contributed by atoms with E-state index in [9.17, 15) is 4.79 Å². The second-order valence-corrected chi connectivity index (χ2v) is 6.81. The molecule has 24 heavy (non-hydrogen) atoms. The first kappa shape index (κ1) is 16.6. The minimum absolute atomic E-state index is 0.143. The van der Waals surface area contributed by atoms with Crippen molar-refractivity contribution in [1.82, 2.24) is 4.90 Å². The van der Waals surface area contributed by atoms with E-state index >= 15 is 0 Å². The zero-order valence-corrected chi connectivity index (χ0v) is 14.8. The molecule has 1 fully saturated rings. The summed E-state index contributed by atoms with van der Waals surface area (Å²) in [5, 5.41) is 0. The van der Waals surface area contributed by atoms with Gasteiger partial charge in [0.15, 0.2) is 0 Å². The summed E-state index contributed by atoms with van der Waals surface area (Å²) in [6.07, 6.45) is 0. The SMILES string of the molecule is Cc1cccc(C(C)C)c1N1CCN(C(=O)c2ccccc2)CC1. The van der Waals surface area contributed by atoms with Gasteiger partial charge in [-0.2, -0.15) is 0 Å². The third kappa shape index (κ3) is 3.30. The Labute approximate surface area is 144 Å². The summed E-state index contributed by atoms with van der Waals surface area (Å²) < 4.78 is 0. The van der Waals surface area contributed by atoms with Gasteiger partial charge >= 0.3 is 0 Å². The average Bonchev–Trinajstić information content (AvgIpc) is 2.62. The van der Waals surface area contributed by atoms with Crippen LogP contribution in [-0.4, -0.2) is 37.0 Å². The lowest BCUT2D eigenvalue weighted by atomic mass is 9.97. The lowest BCUT2D eigenvalue weighted by Crippen LogP contribution is -2.49. The largest absolute Gasteiger partial charge is 0.368 e. The highest BCUT2D eigenvalue weighted by Crippen LogP contribution is 2.31. The molecule has 2 aromatic rings. The van der Waals surface area contributed by atoms with Gasteiger partial charge in [0, 0.05) is 37.4 Å². The van der Waals surface area contributed by atoms with Gasteiger partial charge in [0.25, 0.3) is 5.91 Å². The molecule has 0 atom stereocenters. The number of rotatable bonds is 3. The number of aryl methyl sites for hydroxylation is 1. The van der Waals surface area contributed by atoms with Crippen LogP contribution in [0.3, 0.4) is 0 Å². The number of carbonyl (C=O) groups excluding carboxylic acids is 1. The van der Waals surface area contributed by atoms with Crippen molar-refractivity contribution in [3.63, 3.8) is 0 Å². The number of carbonyl (C=O) groups is 1. The number of nitrogens with zero attached hydrogens (tertiary/aromatic N) is 2. The Kier molecular flexibility index (Phi) is 4.89. The van der Waals surface area contributed by atoms with Crippen molar-refractivity contribution < 1.29 is 4.79 Å². The molecule has 3 rings (SSSR count). The maximum absolute atomic E-state index is 12.6. The second kappa shape index (κ2) is 7.08. The van der Waals surface area contributed by atoms with Gasteiger partial charge in [0.1, 0.15) is 0 Å². The Bertz CT molecular complexity index is 701. The monoisotopic (exact) mass is 322 g/mol. The number of para-hydroxylation sites is 1. The van der Waals surface area contributed by atoms with E-state index in [-0.39, 0.29) is 5.91 Å². The summed E-state index contributed by atoms with van der Waals surface area (Å²) in [6, 6.07) is 16.1. The molecule has 1 amide bonds. The smallest absolute Gasteiger partial charge is 0.253 e. The van der Waals surface area contributed by atoms with E-state index in [0.29, 0.717) is 5.92 Å². The minimum atomic E-state index is 0.143. The molecule has 3 nitrogen and oxygen atoms in total. The molecule has 0 aliphatic carbocycles. The molecule has 0 spiro atoms. The molecule has 0 aromatic heterocycles. The number of hydrogen-bond donors (Lipinski definition) is 0. The Morgan fingerprint density at radius 3 is 2.21 bits per heavy atom. The highest BCUT2D eigenvalue weighted by atomic mass is 16.2. The number of amides is 1. The number of hydrogen-bond acceptors (Lipinski definition) is 2. The van der Waals surface area contributed by atoms with E-state index in [4.69, 9.17) is 0 Å². The van der Waals surface area contributed by atoms with Gasteiger partial charge in [0.2, 0.25) is 0 Å². The van der Waals surface area contributed by atoms with Crippen molar-refractivity contribution in [3.8, 4) is 0 Å². The van der Waals surface area contributed by atoms with Crippen LogP contribution >= 0.6 is 0 Å². The average molecular weight is 322 g/mol. The predicted octanol–water partition coefficient (Wildman–Crippen LogP) is 4.08. The van der Waals surface area contributed by atoms with Crippen LogP contribution in [0.15, 0.2) is 48.5 Å². The van der Waals surface area contributed by atoms with Crippen molar-refractivity contribution in [2.24, 2.45) is 0 Å². The van der Waals surface area contributed by atoms with Crippen LogP contribution in [0.5, 0.6) is 0 Å². The molecule has 0 saturated carbocycles. The molecule has 126 valence electrons. The zero-order chi connectivity index (χ0) is 17.1. The topological polar surface area (TPSA) is 23.6 Å². The van der Waals surface area contributed by atoms with Crippen LogP contribution in [0.4, 0.5) is 5.69 Å². The van der Waals surface area contributed by atoms with Crippen LogP contribution in [0.1, 0.15) is 41.3 Å². The van der Waals surface area contributed by atoms with Gasteiger partial charge in [-0.1, -0.05) is 50.2 Å². The van der Waals surface area contributed by atoms with Crippen LogP contribution in [0.25, 0.3) is 0 Å². The van der Waals surface area contributed by atoms with Gasteiger partial charge < -0.3 is 9.80 Å². The van der Waals surface area contributed by atoms with Crippen molar-refractivity contribution in [2.45, 2.75) is 26.7 Å². The minimum Gasteiger partial charge on any atom is -0.368 e. The first-order valence-corrected chi connectivity index (χ1v) is 8.76. The molecule has 3 heteroatoms. The lowest BCUT2D eigenvalue weighted by molar-refractivity contribution is 0.0746. The number of piperazine rings is 1. The van der Waals surface area contributed by atoms with E-state index in [1.807, 2.05) is 35.2 Å². The summed E-state index contributed by atoms with van der Waals surface area (Å²) in [7, 11) is 0. The first-order chi connectivity index (χ1) is 11.6. The second-order valence-electron chi connectivity index (χ2n) is 6.81. The van der Waals surface area contributed by atoms with Crippen LogP contribution in [-0.2, 0) is 0 Å². The van der Waals surface area contributed by atoms with Crippen LogP contribution in [0, 0.1) is 6.92 Å². The fraction of sp³-hybridized carbons (Fsp3) is 0.381. The van der Waals surface area contributed by atoms with Crippen molar-refractivity contribution >= 4 is 11.6 Å². The molecule has 0 bridgehead atoms. The summed E-state index contributed by atoms with van der Waals surface area (Å²) in [5.41, 5.74) is 4.87. The highest BCUT2D eigenvalue weighted by molar-refractivity contribution is 5.94. The van der Waals surface area contributed by atoms with Crippen LogP contribution < -0.4 is 4.90 Å². The van der Waals surface area contributed by atoms with E-state index in [2.05, 4.69) is 43.9 Å². The quantitative estimate of drug-likeness (QED) is 0.850. The maximum Gasteiger partial charge on any atom is 0.253 e. The summed E-state index contributed by atoms with van der Waals surface area (Å²) in [6.45, 7) is 10.0. The molecule has 1 aliphatic rings. The Morgan fingerprint density at radius 1 is 0.917 bits per heavy atom. The molecule has 1 saturated heterocycles. The summed E-state index contributed by atoms with van der Waals surface area (Å²) in [4.78, 5) is 17.0. The standard InChI is InChI=1S/C21H26N2O/c1-16(2)19-11-7-8-17(3)20(19)22-12-14-23(15-13-22)21(24)18-9-5-4-6-10-18/h4-11,16H,12-15H2,1-3H3. The summed E-state index contributed by atoms with van der Waals surface area (Å²) in [5.74, 6) is 0.646. The molecule has 0 N–H and O–H groups in total. The van der Waals surface area contributed by atoms with Crippen LogP contribution in [0.2, 0.25) is 0 Å². The summed E-state index contributed by atoms with van der Waals surface area (Å²) >= 11 is 0. The molecular weight excluding hydrogens is 296 g/mol. The fourth-order valence-electron chi connectivity index (χ4n) is 3.48. The van der Waals surface area contributed by atoms with Gasteiger partial charge in [-0.25, -0.2) is 0 Å². The van der Waals surface area contributed by atoms with Crippen molar-refractivity contribution in [3.05, 3.63) is 65.2 Å². The molecular formula is C21H26N2O. The van der Waals surface area contributed by atoms with Crippen molar-refractivity contribution in [2.75, 3.05) is 31.1 Å². The van der Waals surface area contributed by atoms with Gasteiger partial charge in [0.05, 0.1) is 0 Å². The molecule has 1 aliphatic heterocycles. The van der Waals surface area contributed by atoms with Gasteiger partial charge in [-0.15, -0.1) is 0 Å². The predicted molar refractivity (Wildman–Crippen MR) is 99.8 cm³/mol. The normalized spacial score (nSPS) is 15.0. The van der Waals surface area contributed by atoms with Gasteiger partial charge in [-0.05, 0) is 36.1 Å². The lowest BCUT2D eigenvalue weighted by Gasteiger charge is -2.38. The Hall–Kier alpha value is -2.29. The van der Waals surface area contributed by atoms with E-state index < -0.39 is 0 Å². The highest BCUT2D eigenvalue weighted by Gasteiger charge is 2.24. The Balaban J connectivity index is 1.73. The third-order valence-corrected chi connectivity index (χ3v) is 4.79. The van der Waals surface area contributed by atoms with E-state index in [1.54, 1.807) is 0 Å². The number of anilines is 1. The molecule has 0 radical (unpaired) electrons. The number of benzene rings is 2. The molecule has 1 heterocycles. The van der Waals surface area contributed by atoms with Crippen molar-refractivity contribution in [1.29, 1.82) is 0 Å². The third-order valence-electron chi connectivity index (χ3n) is 4.79. The maximum atomic E-state index is 12.6. The first-order valence-electron chi connectivity index (χ1n) is 8.76. The molecule has 2 aromatic carbocycles. The molecule has 0 unspecified atom stereocenters. The van der Waals surface area contributed by atoms with E-state index in [0.717, 1.165) is 31.7 Å². The Morgan fingerprint density at radius 2 is 1.58 bits per heavy atom. The zero-order valence-electron chi connectivity index (χ0n) is 14.8.